The number of anilines is 1. The Morgan fingerprint density at radius 2 is 2.32 bits per heavy atom. The van der Waals surface area contributed by atoms with E-state index in [9.17, 15) is 4.79 Å². The summed E-state index contributed by atoms with van der Waals surface area (Å²) in [5, 5.41) is 7.30. The lowest BCUT2D eigenvalue weighted by Gasteiger charge is -2.20. The number of amides is 1. The molecule has 128 valence electrons. The summed E-state index contributed by atoms with van der Waals surface area (Å²) >= 11 is 0. The molecule has 7 heteroatoms. The molecule has 0 saturated heterocycles. The van der Waals surface area contributed by atoms with Gasteiger partial charge in [-0.05, 0) is 37.1 Å². The molecule has 1 aliphatic heterocycles. The Hall–Kier alpha value is -2.93. The first-order valence-electron chi connectivity index (χ1n) is 8.34. The van der Waals surface area contributed by atoms with Crippen LogP contribution in [0, 0.1) is 6.92 Å². The van der Waals surface area contributed by atoms with Crippen molar-refractivity contribution in [3.63, 3.8) is 0 Å². The molecule has 1 aromatic carbocycles. The summed E-state index contributed by atoms with van der Waals surface area (Å²) < 4.78 is 1.88. The third kappa shape index (κ3) is 2.94. The number of aryl methyl sites for hydroxylation is 2. The number of carbonyl (C=O) groups excluding carboxylic acids is 1. The number of H-pyrrole nitrogens is 1. The van der Waals surface area contributed by atoms with Crippen LogP contribution in [0.3, 0.4) is 0 Å². The van der Waals surface area contributed by atoms with Crippen molar-refractivity contribution >= 4 is 11.6 Å². The molecule has 3 aromatic rings. The van der Waals surface area contributed by atoms with Crippen LogP contribution in [0.2, 0.25) is 0 Å². The van der Waals surface area contributed by atoms with E-state index < -0.39 is 0 Å². The van der Waals surface area contributed by atoms with E-state index in [0.29, 0.717) is 12.0 Å². The molecular formula is C18H20N6O. The van der Waals surface area contributed by atoms with Gasteiger partial charge in [-0.2, -0.15) is 5.10 Å². The number of nitrogens with two attached hydrogens (primary N) is 1. The lowest BCUT2D eigenvalue weighted by atomic mass is 10.0. The number of fused-ring (bicyclic) bond motifs is 1. The topological polar surface area (TPSA) is 102 Å². The lowest BCUT2D eigenvalue weighted by molar-refractivity contribution is 0.102. The summed E-state index contributed by atoms with van der Waals surface area (Å²) in [6, 6.07) is 5.92. The van der Waals surface area contributed by atoms with Crippen LogP contribution in [-0.2, 0) is 13.0 Å². The molecule has 0 fully saturated rings. The van der Waals surface area contributed by atoms with Gasteiger partial charge < -0.3 is 16.0 Å². The Morgan fingerprint density at radius 1 is 1.44 bits per heavy atom. The molecule has 2 aromatic heterocycles. The maximum Gasteiger partial charge on any atom is 0.259 e. The molecule has 4 N–H and O–H groups in total. The number of benzene rings is 1. The third-order valence-corrected chi connectivity index (χ3v) is 4.61. The van der Waals surface area contributed by atoms with E-state index in [-0.39, 0.29) is 11.9 Å². The predicted octanol–water partition coefficient (Wildman–Crippen LogP) is 2.11. The summed E-state index contributed by atoms with van der Waals surface area (Å²) in [7, 11) is 0. The fraction of sp³-hybridized carbons (Fsp3) is 0.278. The van der Waals surface area contributed by atoms with Gasteiger partial charge in [-0.1, -0.05) is 0 Å². The number of rotatable bonds is 3. The number of aromatic nitrogens is 4. The molecule has 1 amide bonds. The average Bonchev–Trinajstić information content (AvgIpc) is 3.25. The predicted molar refractivity (Wildman–Crippen MR) is 95.2 cm³/mol. The van der Waals surface area contributed by atoms with E-state index in [0.717, 1.165) is 41.3 Å². The highest BCUT2D eigenvalue weighted by Crippen LogP contribution is 2.24. The number of hydrogen-bond acceptors (Lipinski definition) is 4. The zero-order valence-corrected chi connectivity index (χ0v) is 14.0. The SMILES string of the molecule is Cc1cc(-c2ncc[nH]2)ccc1NC(=O)c1cnn2c1CC(N)CC2. The van der Waals surface area contributed by atoms with Crippen LogP contribution in [0.4, 0.5) is 5.69 Å². The Morgan fingerprint density at radius 3 is 3.08 bits per heavy atom. The molecule has 7 nitrogen and oxygen atoms in total. The summed E-state index contributed by atoms with van der Waals surface area (Å²) in [4.78, 5) is 20.0. The second-order valence-electron chi connectivity index (χ2n) is 6.40. The fourth-order valence-electron chi connectivity index (χ4n) is 3.21. The number of hydrogen-bond donors (Lipinski definition) is 3. The van der Waals surface area contributed by atoms with Gasteiger partial charge in [0.05, 0.1) is 17.5 Å². The number of imidazole rings is 1. The van der Waals surface area contributed by atoms with Gasteiger partial charge in [0.25, 0.3) is 5.91 Å². The van der Waals surface area contributed by atoms with Gasteiger partial charge in [-0.3, -0.25) is 9.48 Å². The molecule has 1 unspecified atom stereocenters. The van der Waals surface area contributed by atoms with Crippen LogP contribution in [-0.4, -0.2) is 31.7 Å². The van der Waals surface area contributed by atoms with Gasteiger partial charge in [0.15, 0.2) is 0 Å². The van der Waals surface area contributed by atoms with E-state index in [1.807, 2.05) is 29.8 Å². The number of aromatic amines is 1. The van der Waals surface area contributed by atoms with Crippen molar-refractivity contribution in [3.8, 4) is 11.4 Å². The maximum atomic E-state index is 12.7. The van der Waals surface area contributed by atoms with Crippen LogP contribution in [0.25, 0.3) is 11.4 Å². The summed E-state index contributed by atoms with van der Waals surface area (Å²) in [6.07, 6.45) is 6.71. The van der Waals surface area contributed by atoms with Crippen molar-refractivity contribution in [2.24, 2.45) is 5.73 Å². The second kappa shape index (κ2) is 6.18. The fourth-order valence-corrected chi connectivity index (χ4v) is 3.21. The Labute approximate surface area is 145 Å². The average molecular weight is 336 g/mol. The van der Waals surface area contributed by atoms with Gasteiger partial charge >= 0.3 is 0 Å². The standard InChI is InChI=1S/C18H20N6O/c1-11-8-12(17-20-5-6-21-17)2-3-15(11)23-18(25)14-10-22-24-7-4-13(19)9-16(14)24/h2-3,5-6,8,10,13H,4,7,9,19H2,1H3,(H,20,21)(H,23,25). The van der Waals surface area contributed by atoms with Crippen LogP contribution >= 0.6 is 0 Å². The molecule has 0 spiro atoms. The van der Waals surface area contributed by atoms with Crippen LogP contribution < -0.4 is 11.1 Å². The molecule has 3 heterocycles. The first-order valence-corrected chi connectivity index (χ1v) is 8.34. The molecule has 25 heavy (non-hydrogen) atoms. The number of nitrogens with zero attached hydrogens (tertiary/aromatic N) is 3. The van der Waals surface area contributed by atoms with Crippen LogP contribution in [0.1, 0.15) is 28.0 Å². The van der Waals surface area contributed by atoms with Gasteiger partial charge in [-0.25, -0.2) is 4.98 Å². The van der Waals surface area contributed by atoms with Crippen LogP contribution in [0.5, 0.6) is 0 Å². The molecule has 0 bridgehead atoms. The summed E-state index contributed by atoms with van der Waals surface area (Å²) in [6.45, 7) is 2.73. The number of carbonyl (C=O) groups is 1. The van der Waals surface area contributed by atoms with E-state index in [2.05, 4.69) is 20.4 Å². The first kappa shape index (κ1) is 15.6. The lowest BCUT2D eigenvalue weighted by Crippen LogP contribution is -2.32. The molecule has 0 radical (unpaired) electrons. The van der Waals surface area contributed by atoms with E-state index >= 15 is 0 Å². The maximum absolute atomic E-state index is 12.7. The van der Waals surface area contributed by atoms with E-state index in [4.69, 9.17) is 5.73 Å². The Bertz CT molecular complexity index is 912. The molecule has 0 saturated carbocycles. The van der Waals surface area contributed by atoms with Gasteiger partial charge in [0, 0.05) is 42.7 Å². The highest BCUT2D eigenvalue weighted by atomic mass is 16.1. The largest absolute Gasteiger partial charge is 0.345 e. The molecule has 1 atom stereocenters. The Balaban J connectivity index is 1.56. The number of nitrogens with one attached hydrogen (secondary N) is 2. The quantitative estimate of drug-likeness (QED) is 0.682. The smallest absolute Gasteiger partial charge is 0.259 e. The van der Waals surface area contributed by atoms with Gasteiger partial charge in [0.2, 0.25) is 0 Å². The zero-order chi connectivity index (χ0) is 17.4. The minimum Gasteiger partial charge on any atom is -0.345 e. The van der Waals surface area contributed by atoms with Crippen LogP contribution in [0.15, 0.2) is 36.8 Å². The molecular weight excluding hydrogens is 316 g/mol. The highest BCUT2D eigenvalue weighted by Gasteiger charge is 2.23. The molecule has 1 aliphatic rings. The van der Waals surface area contributed by atoms with Gasteiger partial charge in [0.1, 0.15) is 5.82 Å². The third-order valence-electron chi connectivity index (χ3n) is 4.61. The highest BCUT2D eigenvalue weighted by molar-refractivity contribution is 6.05. The zero-order valence-electron chi connectivity index (χ0n) is 14.0. The molecule has 4 rings (SSSR count). The van der Waals surface area contributed by atoms with Crippen molar-refractivity contribution in [2.75, 3.05) is 5.32 Å². The molecule has 0 aliphatic carbocycles. The first-order chi connectivity index (χ1) is 12.1. The van der Waals surface area contributed by atoms with Crippen molar-refractivity contribution in [2.45, 2.75) is 32.4 Å². The normalized spacial score (nSPS) is 16.5. The monoisotopic (exact) mass is 336 g/mol. The van der Waals surface area contributed by atoms with Crippen molar-refractivity contribution in [1.29, 1.82) is 0 Å². The van der Waals surface area contributed by atoms with Gasteiger partial charge in [-0.15, -0.1) is 0 Å². The van der Waals surface area contributed by atoms with E-state index in [1.165, 1.54) is 0 Å². The second-order valence-corrected chi connectivity index (χ2v) is 6.40. The minimum absolute atomic E-state index is 0.0880. The van der Waals surface area contributed by atoms with Crippen molar-refractivity contribution in [3.05, 3.63) is 53.6 Å². The summed E-state index contributed by atoms with van der Waals surface area (Å²) in [5.74, 6) is 0.657. The Kier molecular flexibility index (Phi) is 3.85. The van der Waals surface area contributed by atoms with E-state index in [1.54, 1.807) is 18.6 Å². The minimum atomic E-state index is -0.149. The van der Waals surface area contributed by atoms with Crippen molar-refractivity contribution in [1.82, 2.24) is 19.7 Å². The summed E-state index contributed by atoms with van der Waals surface area (Å²) in [5.41, 5.74) is 10.3. The van der Waals surface area contributed by atoms with Crippen molar-refractivity contribution < 1.29 is 4.79 Å².